The van der Waals surface area contributed by atoms with E-state index in [1.54, 1.807) is 13.2 Å². The largest absolute Gasteiger partial charge is 0.506 e. The third-order valence-corrected chi connectivity index (χ3v) is 4.52. The Morgan fingerprint density at radius 1 is 1.14 bits per heavy atom. The maximum Gasteiger partial charge on any atom is 0.213 e. The number of phenols is 1. The van der Waals surface area contributed by atoms with Gasteiger partial charge in [0, 0.05) is 38.8 Å². The number of pyridine rings is 1. The van der Waals surface area contributed by atoms with Crippen LogP contribution in [0, 0.1) is 0 Å². The number of nitrogens with one attached hydrogen (secondary N) is 1. The number of aromatic nitrogens is 1. The van der Waals surface area contributed by atoms with E-state index in [0.717, 1.165) is 50.1 Å². The third-order valence-electron chi connectivity index (χ3n) is 4.52. The maximum absolute atomic E-state index is 10.1. The molecule has 3 rings (SSSR count). The van der Waals surface area contributed by atoms with Crippen molar-refractivity contribution in [3.63, 3.8) is 0 Å². The number of para-hydroxylation sites is 2. The molecule has 0 aliphatic carbocycles. The van der Waals surface area contributed by atoms with Crippen LogP contribution in [0.3, 0.4) is 0 Å². The number of halogens is 1. The fourth-order valence-electron chi connectivity index (χ4n) is 3.13. The van der Waals surface area contributed by atoms with E-state index >= 15 is 0 Å². The Bertz CT molecular complexity index is 779. The summed E-state index contributed by atoms with van der Waals surface area (Å²) in [6.45, 7) is 6.72. The summed E-state index contributed by atoms with van der Waals surface area (Å²) < 4.78 is 5.18. The van der Waals surface area contributed by atoms with Crippen LogP contribution in [-0.4, -0.2) is 60.8 Å². The van der Waals surface area contributed by atoms with Crippen LogP contribution in [0.5, 0.6) is 11.6 Å². The van der Waals surface area contributed by atoms with Gasteiger partial charge in [-0.1, -0.05) is 18.2 Å². The Morgan fingerprint density at radius 2 is 1.89 bits per heavy atom. The maximum atomic E-state index is 10.1. The van der Waals surface area contributed by atoms with Crippen molar-refractivity contribution >= 4 is 35.6 Å². The van der Waals surface area contributed by atoms with Gasteiger partial charge < -0.3 is 25.0 Å². The second-order valence-electron chi connectivity index (χ2n) is 6.30. The van der Waals surface area contributed by atoms with Gasteiger partial charge in [0.1, 0.15) is 5.75 Å². The van der Waals surface area contributed by atoms with Crippen molar-refractivity contribution in [1.29, 1.82) is 0 Å². The highest BCUT2D eigenvalue weighted by molar-refractivity contribution is 14.0. The highest BCUT2D eigenvalue weighted by atomic mass is 127. The molecule has 0 atom stereocenters. The zero-order valence-electron chi connectivity index (χ0n) is 16.3. The first-order valence-electron chi connectivity index (χ1n) is 9.27. The first kappa shape index (κ1) is 22.1. The minimum Gasteiger partial charge on any atom is -0.506 e. The van der Waals surface area contributed by atoms with E-state index in [2.05, 4.69) is 27.0 Å². The Labute approximate surface area is 183 Å². The number of guanidine groups is 1. The van der Waals surface area contributed by atoms with Gasteiger partial charge in [0.2, 0.25) is 5.88 Å². The second kappa shape index (κ2) is 10.9. The number of phenolic OH excluding ortho intramolecular Hbond substituents is 1. The lowest BCUT2D eigenvalue weighted by Crippen LogP contribution is -2.52. The van der Waals surface area contributed by atoms with E-state index in [9.17, 15) is 5.11 Å². The zero-order chi connectivity index (χ0) is 19.1. The number of ether oxygens (including phenoxy) is 1. The molecule has 1 aromatic heterocycles. The van der Waals surface area contributed by atoms with Crippen LogP contribution in [-0.2, 0) is 6.54 Å². The Balaban J connectivity index is 0.00000280. The molecule has 0 bridgehead atoms. The average Bonchev–Trinajstić information content (AvgIpc) is 2.72. The molecule has 7 nitrogen and oxygen atoms in total. The molecule has 2 N–H and O–H groups in total. The van der Waals surface area contributed by atoms with Crippen LogP contribution in [0.4, 0.5) is 5.69 Å². The van der Waals surface area contributed by atoms with Gasteiger partial charge >= 0.3 is 0 Å². The van der Waals surface area contributed by atoms with Gasteiger partial charge in [-0.25, -0.2) is 9.98 Å². The quantitative estimate of drug-likeness (QED) is 0.376. The number of hydrogen-bond acceptors (Lipinski definition) is 5. The highest BCUT2D eigenvalue weighted by Gasteiger charge is 2.21. The molecule has 2 heterocycles. The molecule has 1 saturated heterocycles. The fraction of sp³-hybridized carbons (Fsp3) is 0.400. The van der Waals surface area contributed by atoms with Crippen LogP contribution in [0.1, 0.15) is 12.6 Å². The molecule has 0 radical (unpaired) electrons. The van der Waals surface area contributed by atoms with Crippen LogP contribution < -0.4 is 15.0 Å². The summed E-state index contributed by atoms with van der Waals surface area (Å²) >= 11 is 0. The van der Waals surface area contributed by atoms with Crippen molar-refractivity contribution in [2.75, 3.05) is 44.7 Å². The predicted octanol–water partition coefficient (Wildman–Crippen LogP) is 2.70. The normalized spacial score (nSPS) is 14.4. The molecule has 8 heteroatoms. The molecule has 0 spiro atoms. The summed E-state index contributed by atoms with van der Waals surface area (Å²) in [4.78, 5) is 13.6. The van der Waals surface area contributed by atoms with E-state index in [0.29, 0.717) is 18.2 Å². The lowest BCUT2D eigenvalue weighted by Gasteiger charge is -2.37. The van der Waals surface area contributed by atoms with Crippen molar-refractivity contribution in [3.8, 4) is 11.6 Å². The van der Waals surface area contributed by atoms with Crippen molar-refractivity contribution < 1.29 is 9.84 Å². The summed E-state index contributed by atoms with van der Waals surface area (Å²) in [6.07, 6.45) is 0. The van der Waals surface area contributed by atoms with Crippen LogP contribution in [0.15, 0.2) is 47.5 Å². The van der Waals surface area contributed by atoms with Gasteiger partial charge in [0.15, 0.2) is 5.96 Å². The number of methoxy groups -OCH3 is 1. The number of nitrogens with zero attached hydrogens (tertiary/aromatic N) is 4. The number of rotatable bonds is 5. The van der Waals surface area contributed by atoms with Crippen molar-refractivity contribution in [1.82, 2.24) is 15.2 Å². The minimum atomic E-state index is 0. The molecule has 1 aliphatic heterocycles. The summed E-state index contributed by atoms with van der Waals surface area (Å²) in [5.74, 6) is 1.82. The van der Waals surface area contributed by atoms with Crippen molar-refractivity contribution in [3.05, 3.63) is 48.2 Å². The Kier molecular flexibility index (Phi) is 8.62. The molecule has 28 heavy (non-hydrogen) atoms. The summed E-state index contributed by atoms with van der Waals surface area (Å²) in [5, 5.41) is 13.4. The molecular weight excluding hydrogens is 469 g/mol. The Hall–Kier alpha value is -2.23. The summed E-state index contributed by atoms with van der Waals surface area (Å²) in [5.41, 5.74) is 1.76. The van der Waals surface area contributed by atoms with E-state index in [4.69, 9.17) is 9.73 Å². The zero-order valence-corrected chi connectivity index (χ0v) is 18.7. The van der Waals surface area contributed by atoms with Crippen LogP contribution in [0.2, 0.25) is 0 Å². The molecule has 0 saturated carbocycles. The lowest BCUT2D eigenvalue weighted by atomic mass is 10.2. The van der Waals surface area contributed by atoms with E-state index in [1.807, 2.05) is 36.4 Å². The van der Waals surface area contributed by atoms with E-state index in [-0.39, 0.29) is 24.0 Å². The number of hydrogen-bond donors (Lipinski definition) is 2. The van der Waals surface area contributed by atoms with Gasteiger partial charge in [-0.2, -0.15) is 0 Å². The SMILES string of the molecule is CCNC(=NCc1cccc(OC)n1)N1CCN(c2ccccc2O)CC1.I. The summed E-state index contributed by atoms with van der Waals surface area (Å²) in [6, 6.07) is 13.2. The number of benzene rings is 1. The average molecular weight is 497 g/mol. The minimum absolute atomic E-state index is 0. The van der Waals surface area contributed by atoms with Gasteiger partial charge in [-0.3, -0.25) is 0 Å². The molecule has 2 aromatic rings. The lowest BCUT2D eigenvalue weighted by molar-refractivity contribution is 0.369. The second-order valence-corrected chi connectivity index (χ2v) is 6.30. The molecule has 0 unspecified atom stereocenters. The van der Waals surface area contributed by atoms with Crippen LogP contribution in [0.25, 0.3) is 0 Å². The topological polar surface area (TPSA) is 73.2 Å². The predicted molar refractivity (Wildman–Crippen MR) is 123 cm³/mol. The third kappa shape index (κ3) is 5.63. The smallest absolute Gasteiger partial charge is 0.213 e. The Morgan fingerprint density at radius 3 is 2.57 bits per heavy atom. The van der Waals surface area contributed by atoms with E-state index < -0.39 is 0 Å². The molecule has 1 aromatic carbocycles. The van der Waals surface area contributed by atoms with Gasteiger partial charge in [-0.05, 0) is 25.1 Å². The monoisotopic (exact) mass is 497 g/mol. The number of aromatic hydroxyl groups is 1. The highest BCUT2D eigenvalue weighted by Crippen LogP contribution is 2.27. The van der Waals surface area contributed by atoms with Crippen molar-refractivity contribution in [2.45, 2.75) is 13.5 Å². The first-order chi connectivity index (χ1) is 13.2. The number of piperazine rings is 1. The van der Waals surface area contributed by atoms with Gasteiger partial charge in [0.05, 0.1) is 25.0 Å². The first-order valence-corrected chi connectivity index (χ1v) is 9.27. The van der Waals surface area contributed by atoms with Gasteiger partial charge in [-0.15, -0.1) is 24.0 Å². The molecule has 0 amide bonds. The summed E-state index contributed by atoms with van der Waals surface area (Å²) in [7, 11) is 1.61. The number of aliphatic imine (C=N–C) groups is 1. The molecule has 1 aliphatic rings. The number of anilines is 1. The fourth-order valence-corrected chi connectivity index (χ4v) is 3.13. The van der Waals surface area contributed by atoms with Gasteiger partial charge in [0.25, 0.3) is 0 Å². The van der Waals surface area contributed by atoms with Crippen LogP contribution >= 0.6 is 24.0 Å². The molecule has 152 valence electrons. The molecular formula is C20H28IN5O2. The van der Waals surface area contributed by atoms with E-state index in [1.165, 1.54) is 0 Å². The van der Waals surface area contributed by atoms with Crippen molar-refractivity contribution in [2.24, 2.45) is 4.99 Å². The molecule has 1 fully saturated rings. The standard InChI is InChI=1S/C20H27N5O2.HI/c1-3-21-20(22-15-16-7-6-10-19(23-16)27-2)25-13-11-24(12-14-25)17-8-4-5-9-18(17)26;/h4-10,26H,3,11-15H2,1-2H3,(H,21,22);1H.